The fourth-order valence-corrected chi connectivity index (χ4v) is 4.25. The van der Waals surface area contributed by atoms with Crippen LogP contribution in [-0.2, 0) is 22.7 Å². The highest BCUT2D eigenvalue weighted by molar-refractivity contribution is 6.31. The van der Waals surface area contributed by atoms with Crippen molar-refractivity contribution in [3.05, 3.63) is 118 Å². The average Bonchev–Trinajstić information content (AvgIpc) is 3.35. The van der Waals surface area contributed by atoms with E-state index in [9.17, 15) is 9.18 Å². The Morgan fingerprint density at radius 2 is 1.83 bits per heavy atom. The molecule has 0 fully saturated rings. The van der Waals surface area contributed by atoms with E-state index in [1.54, 1.807) is 35.9 Å². The highest BCUT2D eigenvalue weighted by atomic mass is 35.5. The van der Waals surface area contributed by atoms with Gasteiger partial charge in [-0.2, -0.15) is 10.1 Å². The Labute approximate surface area is 212 Å². The molecule has 7 nitrogen and oxygen atoms in total. The van der Waals surface area contributed by atoms with Crippen LogP contribution in [0, 0.1) is 5.82 Å². The first-order chi connectivity index (χ1) is 17.5. The molecule has 0 bridgehead atoms. The summed E-state index contributed by atoms with van der Waals surface area (Å²) in [6.45, 7) is 1.94. The van der Waals surface area contributed by atoms with Crippen molar-refractivity contribution in [3.63, 3.8) is 0 Å². The number of fused-ring (bicyclic) bond motifs is 1. The van der Waals surface area contributed by atoms with Gasteiger partial charge in [-0.15, -0.1) is 0 Å². The van der Waals surface area contributed by atoms with Gasteiger partial charge in [-0.25, -0.2) is 13.9 Å². The molecule has 0 aliphatic carbocycles. The van der Waals surface area contributed by atoms with E-state index in [0.717, 1.165) is 11.1 Å². The van der Waals surface area contributed by atoms with Crippen LogP contribution in [0.3, 0.4) is 0 Å². The monoisotopic (exact) mass is 504 g/mol. The smallest absolute Gasteiger partial charge is 0.338 e. The number of allylic oxidation sites excluding steroid dienone is 1. The molecule has 4 aromatic rings. The summed E-state index contributed by atoms with van der Waals surface area (Å²) < 4.78 is 27.1. The van der Waals surface area contributed by atoms with Crippen molar-refractivity contribution in [1.82, 2.24) is 14.8 Å². The summed E-state index contributed by atoms with van der Waals surface area (Å²) >= 11 is 6.09. The molecule has 9 heteroatoms. The number of carbonyl (C=O) groups excluding carboxylic acids is 1. The minimum absolute atomic E-state index is 0.0124. The van der Waals surface area contributed by atoms with Crippen molar-refractivity contribution in [3.8, 4) is 5.75 Å². The normalized spacial score (nSPS) is 14.7. The molecule has 1 unspecified atom stereocenters. The summed E-state index contributed by atoms with van der Waals surface area (Å²) in [5, 5.41) is 7.76. The quantitative estimate of drug-likeness (QED) is 0.326. The molecule has 0 saturated carbocycles. The summed E-state index contributed by atoms with van der Waals surface area (Å²) in [6, 6.07) is 20.6. The van der Waals surface area contributed by atoms with Crippen LogP contribution < -0.4 is 10.1 Å². The first kappa shape index (κ1) is 23.6. The maximum atomic E-state index is 14.1. The lowest BCUT2D eigenvalue weighted by Gasteiger charge is -2.28. The molecule has 2 heterocycles. The molecule has 3 aromatic carbocycles. The van der Waals surface area contributed by atoms with Gasteiger partial charge in [0.15, 0.2) is 0 Å². The van der Waals surface area contributed by atoms with Crippen molar-refractivity contribution in [2.75, 3.05) is 5.32 Å². The molecule has 1 atom stereocenters. The summed E-state index contributed by atoms with van der Waals surface area (Å²) in [6.07, 6.45) is 1.43. The van der Waals surface area contributed by atoms with E-state index in [2.05, 4.69) is 15.4 Å². The Bertz CT molecular complexity index is 1400. The highest BCUT2D eigenvalue weighted by Gasteiger charge is 2.34. The number of hydrogen-bond donors (Lipinski definition) is 1. The SMILES string of the molecule is CC1=C(C(=O)OCc2ccccc2)C(c2ccc(OCc3c(F)cccc3Cl)cc2)n2ncnc2N1. The minimum Gasteiger partial charge on any atom is -0.489 e. The first-order valence-corrected chi connectivity index (χ1v) is 11.6. The Balaban J connectivity index is 1.38. The predicted octanol–water partition coefficient (Wildman–Crippen LogP) is 5.68. The predicted molar refractivity (Wildman–Crippen MR) is 133 cm³/mol. The van der Waals surface area contributed by atoms with E-state index >= 15 is 0 Å². The molecule has 0 spiro atoms. The minimum atomic E-state index is -0.554. The fraction of sp³-hybridized carbons (Fsp3) is 0.148. The fourth-order valence-electron chi connectivity index (χ4n) is 4.04. The summed E-state index contributed by atoms with van der Waals surface area (Å²) in [4.78, 5) is 17.5. The van der Waals surface area contributed by atoms with E-state index in [1.165, 1.54) is 12.4 Å². The van der Waals surface area contributed by atoms with Gasteiger partial charge in [0.2, 0.25) is 5.95 Å². The standard InChI is InChI=1S/C27H22ClFN4O3/c1-17-24(26(34)36-14-18-6-3-2-4-7-18)25(33-27(32-17)30-16-31-33)19-10-12-20(13-11-19)35-15-21-22(28)8-5-9-23(21)29/h2-13,16,25H,14-15H2,1H3,(H,30,31,32). The van der Waals surface area contributed by atoms with E-state index < -0.39 is 17.8 Å². The Hall–Kier alpha value is -4.17. The zero-order valence-corrected chi connectivity index (χ0v) is 20.1. The average molecular weight is 505 g/mol. The molecule has 1 aromatic heterocycles. The topological polar surface area (TPSA) is 78.3 Å². The van der Waals surface area contributed by atoms with Crippen LogP contribution in [-0.4, -0.2) is 20.7 Å². The molecule has 0 radical (unpaired) electrons. The van der Waals surface area contributed by atoms with Crippen LogP contribution in [0.15, 0.2) is 90.4 Å². The third-order valence-electron chi connectivity index (χ3n) is 5.87. The van der Waals surface area contributed by atoms with Crippen molar-refractivity contribution in [2.45, 2.75) is 26.2 Å². The number of esters is 1. The number of anilines is 1. The molecular weight excluding hydrogens is 483 g/mol. The number of carbonyl (C=O) groups is 1. The first-order valence-electron chi connectivity index (χ1n) is 11.3. The number of hydrogen-bond acceptors (Lipinski definition) is 6. The second kappa shape index (κ2) is 10.2. The van der Waals surface area contributed by atoms with Crippen LogP contribution in [0.1, 0.15) is 29.7 Å². The maximum Gasteiger partial charge on any atom is 0.338 e. The summed E-state index contributed by atoms with van der Waals surface area (Å²) in [5.74, 6) is 0.169. The third-order valence-corrected chi connectivity index (χ3v) is 6.22. The van der Waals surface area contributed by atoms with Gasteiger partial charge in [0.05, 0.1) is 10.6 Å². The molecule has 1 aliphatic heterocycles. The van der Waals surface area contributed by atoms with Crippen LogP contribution >= 0.6 is 11.6 Å². The molecule has 0 saturated heterocycles. The van der Waals surface area contributed by atoms with Crippen LogP contribution in [0.4, 0.5) is 10.3 Å². The second-order valence-electron chi connectivity index (χ2n) is 8.21. The van der Waals surface area contributed by atoms with Gasteiger partial charge in [0, 0.05) is 11.3 Å². The summed E-state index contributed by atoms with van der Waals surface area (Å²) in [7, 11) is 0. The van der Waals surface area contributed by atoms with Gasteiger partial charge in [-0.1, -0.05) is 60.1 Å². The number of halogens is 2. The van der Waals surface area contributed by atoms with E-state index in [0.29, 0.717) is 28.0 Å². The maximum absolute atomic E-state index is 14.1. The molecule has 182 valence electrons. The molecule has 5 rings (SSSR count). The summed E-state index contributed by atoms with van der Waals surface area (Å²) in [5.41, 5.74) is 3.02. The van der Waals surface area contributed by atoms with Crippen LogP contribution in [0.25, 0.3) is 0 Å². The van der Waals surface area contributed by atoms with Crippen LogP contribution in [0.5, 0.6) is 5.75 Å². The zero-order valence-electron chi connectivity index (χ0n) is 19.3. The zero-order chi connectivity index (χ0) is 25.1. The number of nitrogens with one attached hydrogen (secondary N) is 1. The molecule has 1 aliphatic rings. The van der Waals surface area contributed by atoms with E-state index in [-0.39, 0.29) is 18.8 Å². The van der Waals surface area contributed by atoms with Crippen molar-refractivity contribution in [1.29, 1.82) is 0 Å². The van der Waals surface area contributed by atoms with Gasteiger partial charge in [0.25, 0.3) is 0 Å². The number of aromatic nitrogens is 3. The number of benzene rings is 3. The Kier molecular flexibility index (Phi) is 6.69. The van der Waals surface area contributed by atoms with Crippen molar-refractivity contribution < 1.29 is 18.7 Å². The van der Waals surface area contributed by atoms with Gasteiger partial charge in [0.1, 0.15) is 37.1 Å². The van der Waals surface area contributed by atoms with Gasteiger partial charge in [-0.05, 0) is 42.3 Å². The van der Waals surface area contributed by atoms with Crippen molar-refractivity contribution in [2.24, 2.45) is 0 Å². The Morgan fingerprint density at radius 3 is 2.58 bits per heavy atom. The third kappa shape index (κ3) is 4.81. The van der Waals surface area contributed by atoms with E-state index in [1.807, 2.05) is 42.5 Å². The van der Waals surface area contributed by atoms with Crippen LogP contribution in [0.2, 0.25) is 5.02 Å². The largest absolute Gasteiger partial charge is 0.489 e. The van der Waals surface area contributed by atoms with E-state index in [4.69, 9.17) is 21.1 Å². The molecule has 36 heavy (non-hydrogen) atoms. The van der Waals surface area contributed by atoms with Gasteiger partial charge in [-0.3, -0.25) is 0 Å². The lowest BCUT2D eigenvalue weighted by molar-refractivity contribution is -0.140. The number of ether oxygens (including phenoxy) is 2. The second-order valence-corrected chi connectivity index (χ2v) is 8.62. The highest BCUT2D eigenvalue weighted by Crippen LogP contribution is 2.36. The number of rotatable bonds is 7. The molecule has 0 amide bonds. The van der Waals surface area contributed by atoms with Crippen molar-refractivity contribution >= 4 is 23.5 Å². The Morgan fingerprint density at radius 1 is 1.06 bits per heavy atom. The lowest BCUT2D eigenvalue weighted by Crippen LogP contribution is -2.29. The molecular formula is C27H22ClFN4O3. The number of nitrogens with zero attached hydrogens (tertiary/aromatic N) is 3. The lowest BCUT2D eigenvalue weighted by atomic mass is 9.95. The van der Waals surface area contributed by atoms with Gasteiger partial charge < -0.3 is 14.8 Å². The molecule has 1 N–H and O–H groups in total. The van der Waals surface area contributed by atoms with Gasteiger partial charge >= 0.3 is 5.97 Å².